The van der Waals surface area contributed by atoms with Gasteiger partial charge < -0.3 is 40.1 Å². The molecule has 2 saturated heterocycles. The SMILES string of the molecule is CC1(C)[C@]2(O)[C@H]([N+]3([C@@H]4O[C@H](CO)[C@@H](O)[C@H]4O)C=C(CCCl)C(=O)NC3=O)O[C@H](CO)[C@]12O. The number of aliphatic hydroxyl groups excluding tert-OH is 4. The molecule has 32 heavy (non-hydrogen) atoms. The molecular formula is C19H28ClN2O10+. The van der Waals surface area contributed by atoms with Gasteiger partial charge >= 0.3 is 6.03 Å². The van der Waals surface area contributed by atoms with E-state index in [0.717, 1.165) is 6.20 Å². The van der Waals surface area contributed by atoms with Gasteiger partial charge in [-0.15, -0.1) is 11.6 Å². The van der Waals surface area contributed by atoms with Crippen molar-refractivity contribution in [3.63, 3.8) is 0 Å². The predicted octanol–water partition coefficient (Wildman–Crippen LogP) is -2.78. The maximum atomic E-state index is 13.4. The average molecular weight is 480 g/mol. The number of urea groups is 1. The summed E-state index contributed by atoms with van der Waals surface area (Å²) in [7, 11) is 0. The van der Waals surface area contributed by atoms with Gasteiger partial charge in [0.05, 0.1) is 18.8 Å². The van der Waals surface area contributed by atoms with Gasteiger partial charge in [0, 0.05) is 11.3 Å². The topological polar surface area (TPSA) is 186 Å². The van der Waals surface area contributed by atoms with Gasteiger partial charge in [-0.25, -0.2) is 10.1 Å². The molecule has 4 aliphatic rings. The van der Waals surface area contributed by atoms with E-state index in [4.69, 9.17) is 21.1 Å². The standard InChI is InChI=1S/C19H27ClN2O10/c1-17(2)18(29)10(7-24)32-15(19(17,18)30)22(14-12(26)11(25)9(6-23)31-14)5-8(3-4-20)13(27)21-16(22)28/h5,9-12,14-15,23-26,29-30H,3-4,6-7H2,1-2H3/p+1/t9-,10-,11-,12-,14-,15-,18+,19-,22?/m1/s1. The third-order valence-electron chi connectivity index (χ3n) is 7.63. The van der Waals surface area contributed by atoms with Crippen LogP contribution in [0.4, 0.5) is 4.79 Å². The van der Waals surface area contributed by atoms with Gasteiger partial charge in [-0.1, -0.05) is 13.8 Å². The molecule has 180 valence electrons. The molecule has 0 radical (unpaired) electrons. The Balaban J connectivity index is 1.93. The lowest BCUT2D eigenvalue weighted by atomic mass is 9.99. The lowest BCUT2D eigenvalue weighted by molar-refractivity contribution is -0.908. The Kier molecular flexibility index (Phi) is 5.54. The lowest BCUT2D eigenvalue weighted by Crippen LogP contribution is -2.73. The van der Waals surface area contributed by atoms with Crippen LogP contribution in [-0.4, -0.2) is 114 Å². The first-order valence-electron chi connectivity index (χ1n) is 10.2. The first kappa shape index (κ1) is 24.0. The number of ether oxygens (including phenoxy) is 2. The van der Waals surface area contributed by atoms with Crippen molar-refractivity contribution in [3.05, 3.63) is 11.8 Å². The number of carbonyl (C=O) groups is 2. The minimum Gasteiger partial charge on any atom is -0.394 e. The quantitative estimate of drug-likeness (QED) is 0.155. The molecular weight excluding hydrogens is 452 g/mol. The van der Waals surface area contributed by atoms with E-state index in [1.165, 1.54) is 13.8 Å². The molecule has 13 heteroatoms. The smallest absolute Gasteiger partial charge is 0.394 e. The summed E-state index contributed by atoms with van der Waals surface area (Å²) in [6.45, 7) is 1.68. The minimum absolute atomic E-state index is 0.00784. The highest BCUT2D eigenvalue weighted by Crippen LogP contribution is 2.74. The normalized spacial score (nSPS) is 49.6. The maximum Gasteiger partial charge on any atom is 0.432 e. The number of aliphatic hydroxyl groups is 6. The minimum atomic E-state index is -2.11. The second-order valence-electron chi connectivity index (χ2n) is 9.23. The highest BCUT2D eigenvalue weighted by atomic mass is 35.5. The predicted molar refractivity (Wildman–Crippen MR) is 104 cm³/mol. The molecule has 1 unspecified atom stereocenters. The first-order valence-corrected chi connectivity index (χ1v) is 10.8. The number of quaternary nitrogens is 1. The Morgan fingerprint density at radius 2 is 1.75 bits per heavy atom. The lowest BCUT2D eigenvalue weighted by Gasteiger charge is -2.45. The summed E-state index contributed by atoms with van der Waals surface area (Å²) in [5.74, 6) is -0.737. The number of alkyl halides is 1. The van der Waals surface area contributed by atoms with Crippen LogP contribution in [0.2, 0.25) is 0 Å². The van der Waals surface area contributed by atoms with E-state index >= 15 is 0 Å². The fraction of sp³-hybridized carbons (Fsp3) is 0.789. The molecule has 4 rings (SSSR count). The van der Waals surface area contributed by atoms with Gasteiger partial charge in [0.1, 0.15) is 30.1 Å². The van der Waals surface area contributed by atoms with Crippen molar-refractivity contribution < 1.29 is 54.2 Å². The molecule has 0 aromatic rings. The van der Waals surface area contributed by atoms with Gasteiger partial charge in [0.15, 0.2) is 11.7 Å². The number of imide groups is 1. The van der Waals surface area contributed by atoms with Crippen molar-refractivity contribution >= 4 is 23.5 Å². The van der Waals surface area contributed by atoms with Crippen LogP contribution in [0.5, 0.6) is 0 Å². The third-order valence-corrected chi connectivity index (χ3v) is 7.82. The fourth-order valence-electron chi connectivity index (χ4n) is 5.64. The maximum absolute atomic E-state index is 13.4. The van der Waals surface area contributed by atoms with Crippen LogP contribution in [-0.2, 0) is 14.3 Å². The zero-order valence-electron chi connectivity index (χ0n) is 17.5. The summed E-state index contributed by atoms with van der Waals surface area (Å²) in [5.41, 5.74) is -5.30. The Morgan fingerprint density at radius 3 is 2.25 bits per heavy atom. The molecule has 12 nitrogen and oxygen atoms in total. The van der Waals surface area contributed by atoms with Crippen LogP contribution >= 0.6 is 11.6 Å². The number of hydrogen-bond acceptors (Lipinski definition) is 10. The molecule has 9 atom stereocenters. The fourth-order valence-corrected chi connectivity index (χ4v) is 5.84. The zero-order chi connectivity index (χ0) is 23.9. The number of amides is 3. The van der Waals surface area contributed by atoms with Crippen molar-refractivity contribution in [1.29, 1.82) is 0 Å². The Morgan fingerprint density at radius 1 is 1.09 bits per heavy atom. The zero-order valence-corrected chi connectivity index (χ0v) is 18.3. The summed E-state index contributed by atoms with van der Waals surface area (Å²) < 4.78 is 10.3. The average Bonchev–Trinajstić information content (AvgIpc) is 2.99. The van der Waals surface area contributed by atoms with Gasteiger partial charge in [-0.3, -0.25) is 4.79 Å². The van der Waals surface area contributed by atoms with Crippen LogP contribution in [0.15, 0.2) is 11.8 Å². The van der Waals surface area contributed by atoms with Crippen LogP contribution in [0, 0.1) is 5.41 Å². The largest absolute Gasteiger partial charge is 0.432 e. The highest BCUT2D eigenvalue weighted by molar-refractivity contribution is 6.18. The van der Waals surface area contributed by atoms with E-state index in [2.05, 4.69) is 5.32 Å². The molecule has 0 aromatic carbocycles. The summed E-state index contributed by atoms with van der Waals surface area (Å²) in [6, 6.07) is -1.05. The van der Waals surface area contributed by atoms with Crippen LogP contribution in [0.25, 0.3) is 0 Å². The Labute approximate surface area is 188 Å². The van der Waals surface area contributed by atoms with E-state index in [-0.39, 0.29) is 17.9 Å². The second-order valence-corrected chi connectivity index (χ2v) is 9.61. The van der Waals surface area contributed by atoms with Crippen molar-refractivity contribution in [2.24, 2.45) is 5.41 Å². The van der Waals surface area contributed by atoms with E-state index in [1.54, 1.807) is 0 Å². The highest BCUT2D eigenvalue weighted by Gasteiger charge is 2.97. The number of hydrogen-bond donors (Lipinski definition) is 7. The Hall–Kier alpha value is -1.19. The molecule has 3 heterocycles. The van der Waals surface area contributed by atoms with Gasteiger partial charge in [0.25, 0.3) is 5.91 Å². The number of rotatable bonds is 6. The Bertz CT molecular complexity index is 869. The molecule has 0 bridgehead atoms. The number of carbonyl (C=O) groups excluding carboxylic acids is 2. The summed E-state index contributed by atoms with van der Waals surface area (Å²) in [5, 5.41) is 65.4. The number of halogens is 1. The molecule has 3 amide bonds. The van der Waals surface area contributed by atoms with Crippen molar-refractivity contribution in [2.45, 2.75) is 68.3 Å². The van der Waals surface area contributed by atoms with Crippen LogP contribution in [0.1, 0.15) is 20.3 Å². The first-order chi connectivity index (χ1) is 14.9. The summed E-state index contributed by atoms with van der Waals surface area (Å²) in [6.07, 6.45) is -8.03. The van der Waals surface area contributed by atoms with E-state index in [9.17, 15) is 40.2 Å². The number of fused-ring (bicyclic) bond motifs is 1. The van der Waals surface area contributed by atoms with Crippen molar-refractivity contribution in [3.8, 4) is 0 Å². The van der Waals surface area contributed by atoms with Gasteiger partial charge in [-0.05, 0) is 6.42 Å². The van der Waals surface area contributed by atoms with Crippen LogP contribution < -0.4 is 5.32 Å². The molecule has 7 N–H and O–H groups in total. The monoisotopic (exact) mass is 479 g/mol. The molecule has 3 fully saturated rings. The second kappa shape index (κ2) is 7.40. The van der Waals surface area contributed by atoms with Gasteiger partial charge in [-0.2, -0.15) is 4.48 Å². The van der Waals surface area contributed by atoms with E-state index in [1.807, 2.05) is 0 Å². The van der Waals surface area contributed by atoms with E-state index < -0.39 is 83.1 Å². The third kappa shape index (κ3) is 2.53. The van der Waals surface area contributed by atoms with E-state index in [0.29, 0.717) is 0 Å². The molecule has 1 aliphatic carbocycles. The van der Waals surface area contributed by atoms with Crippen molar-refractivity contribution in [1.82, 2.24) is 5.32 Å². The molecule has 1 saturated carbocycles. The number of nitrogens with zero attached hydrogens (tertiary/aromatic N) is 1. The van der Waals surface area contributed by atoms with Gasteiger partial charge in [0.2, 0.25) is 12.5 Å². The number of nitrogens with one attached hydrogen (secondary N) is 1. The summed E-state index contributed by atoms with van der Waals surface area (Å²) >= 11 is 5.80. The molecule has 0 spiro atoms. The van der Waals surface area contributed by atoms with Crippen LogP contribution in [0.3, 0.4) is 0 Å². The summed E-state index contributed by atoms with van der Waals surface area (Å²) in [4.78, 5) is 25.8. The molecule has 3 aliphatic heterocycles. The van der Waals surface area contributed by atoms with Crippen molar-refractivity contribution in [2.75, 3.05) is 19.1 Å². The molecule has 0 aromatic heterocycles.